The fourth-order valence-electron chi connectivity index (χ4n) is 6.32. The number of hydrogen-bond acceptors (Lipinski definition) is 5. The zero-order valence-electron chi connectivity index (χ0n) is 28.2. The highest BCUT2D eigenvalue weighted by Gasteiger charge is 2.38. The van der Waals surface area contributed by atoms with E-state index < -0.39 is 17.5 Å². The van der Waals surface area contributed by atoms with Crippen LogP contribution in [0.1, 0.15) is 27.9 Å². The molecule has 0 spiro atoms. The van der Waals surface area contributed by atoms with Crippen LogP contribution < -0.4 is 10.6 Å². The number of anilines is 2. The molecule has 0 aliphatic carbocycles. The molecule has 0 fully saturated rings. The van der Waals surface area contributed by atoms with Gasteiger partial charge in [0.25, 0.3) is 5.91 Å². The maximum atomic E-state index is 13.7. The van der Waals surface area contributed by atoms with Crippen molar-refractivity contribution in [2.24, 2.45) is 0 Å². The van der Waals surface area contributed by atoms with E-state index in [0.29, 0.717) is 32.7 Å². The van der Waals surface area contributed by atoms with Gasteiger partial charge >= 0.3 is 0 Å². The van der Waals surface area contributed by atoms with Crippen molar-refractivity contribution in [2.45, 2.75) is 24.4 Å². The van der Waals surface area contributed by atoms with E-state index in [-0.39, 0.29) is 18.7 Å². The van der Waals surface area contributed by atoms with Crippen molar-refractivity contribution in [1.82, 2.24) is 19.9 Å². The van der Waals surface area contributed by atoms with Crippen molar-refractivity contribution >= 4 is 46.4 Å². The smallest absolute Gasteiger partial charge is 0.268 e. The third-order valence-corrected chi connectivity index (χ3v) is 9.45. The van der Waals surface area contributed by atoms with Crippen LogP contribution in [-0.4, -0.2) is 46.6 Å². The lowest BCUT2D eigenvalue weighted by molar-refractivity contribution is -0.171. The Morgan fingerprint density at radius 2 is 1.31 bits per heavy atom. The average Bonchev–Trinajstić information content (AvgIpc) is 3.63. The van der Waals surface area contributed by atoms with Gasteiger partial charge < -0.3 is 15.2 Å². The number of carbonyl (C=O) groups is 2. The highest BCUT2D eigenvalue weighted by molar-refractivity contribution is 6.39. The molecule has 5 aromatic carbocycles. The van der Waals surface area contributed by atoms with Gasteiger partial charge in [-0.2, -0.15) is 0 Å². The molecule has 258 valence electrons. The number of hydroxylamine groups is 2. The van der Waals surface area contributed by atoms with Crippen LogP contribution in [0.15, 0.2) is 146 Å². The summed E-state index contributed by atoms with van der Waals surface area (Å²) in [6.45, 7) is 0. The van der Waals surface area contributed by atoms with Crippen LogP contribution in [-0.2, 0) is 32.8 Å². The number of carbonyl (C=O) groups excluding carboxylic acids is 2. The first-order valence-electron chi connectivity index (χ1n) is 16.4. The number of halogens is 2. The van der Waals surface area contributed by atoms with E-state index in [9.17, 15) is 9.59 Å². The summed E-state index contributed by atoms with van der Waals surface area (Å²) in [6, 6.07) is 42.4. The molecule has 8 nitrogen and oxygen atoms in total. The molecule has 2 N–H and O–H groups in total. The molecule has 0 radical (unpaired) electrons. The summed E-state index contributed by atoms with van der Waals surface area (Å²) >= 11 is 12.8. The van der Waals surface area contributed by atoms with E-state index in [1.165, 1.54) is 14.2 Å². The Labute approximate surface area is 307 Å². The van der Waals surface area contributed by atoms with E-state index in [4.69, 9.17) is 33.0 Å². The predicted molar refractivity (Wildman–Crippen MR) is 202 cm³/mol. The number of rotatable bonds is 13. The second kappa shape index (κ2) is 16.1. The maximum absolute atomic E-state index is 13.7. The van der Waals surface area contributed by atoms with Gasteiger partial charge in [0.1, 0.15) is 11.6 Å². The van der Waals surface area contributed by atoms with E-state index in [1.54, 1.807) is 24.5 Å². The second-order valence-electron chi connectivity index (χ2n) is 12.0. The summed E-state index contributed by atoms with van der Waals surface area (Å²) < 4.78 is 2.08. The predicted octanol–water partition coefficient (Wildman–Crippen LogP) is 8.06. The van der Waals surface area contributed by atoms with Gasteiger partial charge in [-0.05, 0) is 40.5 Å². The Balaban J connectivity index is 1.32. The second-order valence-corrected chi connectivity index (χ2v) is 12.8. The number of nitrogens with zero attached hydrogens (tertiary/aromatic N) is 3. The summed E-state index contributed by atoms with van der Waals surface area (Å²) in [5.41, 5.74) is 4.85. The number of likely N-dealkylation sites (N-methyl/N-ethyl adjacent to an activating group) is 1. The normalized spacial score (nSPS) is 11.8. The fraction of sp³-hybridized carbons (Fsp3) is 0.146. The lowest BCUT2D eigenvalue weighted by Crippen LogP contribution is -2.48. The fourth-order valence-corrected chi connectivity index (χ4v) is 6.81. The standard InChI is InChI=1S/C41H37Cl2N5O3/c1-47(51-2)40(50)37(45-38(49)25-29-15-12-13-24-36(29)46-39-34(42)22-14-23-35(39)43)26-33-27-48(28-44-33)41(30-16-6-3-7-17-30,31-18-8-4-9-19-31)32-20-10-5-11-21-32/h3-24,27-28,37,46H,25-26H2,1-2H3,(H,45,49)/t37-/m0/s1. The number of para-hydroxylation sites is 2. The topological polar surface area (TPSA) is 88.5 Å². The molecule has 1 aromatic heterocycles. The summed E-state index contributed by atoms with van der Waals surface area (Å²) in [6.07, 6.45) is 3.83. The minimum Gasteiger partial charge on any atom is -0.353 e. The maximum Gasteiger partial charge on any atom is 0.268 e. The van der Waals surface area contributed by atoms with Crippen molar-refractivity contribution < 1.29 is 14.4 Å². The minimum atomic E-state index is -0.969. The molecule has 0 bridgehead atoms. The molecule has 2 amide bonds. The Morgan fingerprint density at radius 3 is 1.86 bits per heavy atom. The molecule has 6 rings (SSSR count). The summed E-state index contributed by atoms with van der Waals surface area (Å²) in [5, 5.41) is 8.22. The first-order chi connectivity index (χ1) is 24.8. The van der Waals surface area contributed by atoms with Gasteiger partial charge in [-0.15, -0.1) is 0 Å². The van der Waals surface area contributed by atoms with Crippen LogP contribution in [0.2, 0.25) is 10.0 Å². The number of imidazole rings is 1. The van der Waals surface area contributed by atoms with E-state index in [1.807, 2.05) is 85.1 Å². The summed E-state index contributed by atoms with van der Waals surface area (Å²) in [4.78, 5) is 37.3. The molecule has 6 aromatic rings. The number of benzene rings is 5. The largest absolute Gasteiger partial charge is 0.353 e. The first kappa shape index (κ1) is 35.4. The van der Waals surface area contributed by atoms with Crippen LogP contribution in [0, 0.1) is 0 Å². The molecular weight excluding hydrogens is 681 g/mol. The van der Waals surface area contributed by atoms with E-state index in [2.05, 4.69) is 51.6 Å². The molecular formula is C41H37Cl2N5O3. The molecule has 1 heterocycles. The lowest BCUT2D eigenvalue weighted by atomic mass is 9.77. The molecule has 0 aliphatic heterocycles. The zero-order chi connectivity index (χ0) is 35.8. The van der Waals surface area contributed by atoms with Gasteiger partial charge in [0.2, 0.25) is 5.91 Å². The van der Waals surface area contributed by atoms with Crippen LogP contribution in [0.25, 0.3) is 0 Å². The average molecular weight is 719 g/mol. The van der Waals surface area contributed by atoms with Crippen molar-refractivity contribution in [3.05, 3.63) is 184 Å². The molecule has 10 heteroatoms. The summed E-state index contributed by atoms with van der Waals surface area (Å²) in [5.74, 6) is -0.779. The molecule has 0 unspecified atom stereocenters. The minimum absolute atomic E-state index is 0.0146. The van der Waals surface area contributed by atoms with Crippen molar-refractivity contribution in [3.63, 3.8) is 0 Å². The van der Waals surface area contributed by atoms with Gasteiger partial charge in [-0.25, -0.2) is 10.0 Å². The summed E-state index contributed by atoms with van der Waals surface area (Å²) in [7, 11) is 2.92. The van der Waals surface area contributed by atoms with Gasteiger partial charge in [0, 0.05) is 25.4 Å². The number of amides is 2. The molecule has 51 heavy (non-hydrogen) atoms. The van der Waals surface area contributed by atoms with Gasteiger partial charge in [0.05, 0.1) is 41.3 Å². The number of nitrogens with one attached hydrogen (secondary N) is 2. The Morgan fingerprint density at radius 1 is 0.784 bits per heavy atom. The third kappa shape index (κ3) is 7.68. The highest BCUT2D eigenvalue weighted by atomic mass is 35.5. The van der Waals surface area contributed by atoms with E-state index >= 15 is 0 Å². The van der Waals surface area contributed by atoms with Gasteiger partial charge in [0.15, 0.2) is 0 Å². The third-order valence-electron chi connectivity index (χ3n) is 8.82. The lowest BCUT2D eigenvalue weighted by Gasteiger charge is -2.37. The number of aromatic nitrogens is 2. The van der Waals surface area contributed by atoms with Crippen molar-refractivity contribution in [3.8, 4) is 0 Å². The quantitative estimate of drug-likeness (QED) is 0.0932. The van der Waals surface area contributed by atoms with Gasteiger partial charge in [-0.1, -0.05) is 138 Å². The molecule has 0 saturated heterocycles. The molecule has 0 saturated carbocycles. The Kier molecular flexibility index (Phi) is 11.2. The highest BCUT2D eigenvalue weighted by Crippen LogP contribution is 2.41. The van der Waals surface area contributed by atoms with Crippen LogP contribution in [0.4, 0.5) is 11.4 Å². The monoisotopic (exact) mass is 717 g/mol. The van der Waals surface area contributed by atoms with Crippen LogP contribution >= 0.6 is 23.2 Å². The van der Waals surface area contributed by atoms with Crippen molar-refractivity contribution in [1.29, 1.82) is 0 Å². The van der Waals surface area contributed by atoms with Crippen molar-refractivity contribution in [2.75, 3.05) is 19.5 Å². The Bertz CT molecular complexity index is 1970. The van der Waals surface area contributed by atoms with Gasteiger partial charge in [-0.3, -0.25) is 14.4 Å². The van der Waals surface area contributed by atoms with Crippen LogP contribution in [0.3, 0.4) is 0 Å². The SMILES string of the molecule is CON(C)C(=O)[C@H](Cc1cn(C(c2ccccc2)(c2ccccc2)c2ccccc2)cn1)NC(=O)Cc1ccccc1Nc1c(Cl)cccc1Cl. The molecule has 1 atom stereocenters. The zero-order valence-corrected chi connectivity index (χ0v) is 29.7. The molecule has 0 aliphatic rings. The van der Waals surface area contributed by atoms with E-state index in [0.717, 1.165) is 21.8 Å². The van der Waals surface area contributed by atoms with Crippen LogP contribution in [0.5, 0.6) is 0 Å². The number of hydrogen-bond donors (Lipinski definition) is 2. The Hall–Kier alpha value is -5.41. The first-order valence-corrected chi connectivity index (χ1v) is 17.2.